The molecule has 0 unspecified atom stereocenters. The van der Waals surface area contributed by atoms with Crippen LogP contribution in [0.3, 0.4) is 0 Å². The van der Waals surface area contributed by atoms with Crippen LogP contribution in [0, 0.1) is 0 Å². The van der Waals surface area contributed by atoms with E-state index < -0.39 is 32.7 Å². The highest BCUT2D eigenvalue weighted by Gasteiger charge is 2.36. The molecule has 1 aliphatic rings. The van der Waals surface area contributed by atoms with Crippen molar-refractivity contribution in [2.45, 2.75) is 24.0 Å². The molecule has 140 valence electrons. The second-order valence-corrected chi connectivity index (χ2v) is 7.97. The lowest BCUT2D eigenvalue weighted by Gasteiger charge is -2.35. The number of benzene rings is 1. The molecule has 1 aromatic rings. The summed E-state index contributed by atoms with van der Waals surface area (Å²) in [6.45, 7) is 1.64. The molecule has 2 N–H and O–H groups in total. The molecule has 1 atom stereocenters. The lowest BCUT2D eigenvalue weighted by molar-refractivity contribution is -0.137. The van der Waals surface area contributed by atoms with E-state index in [9.17, 15) is 26.4 Å². The van der Waals surface area contributed by atoms with Gasteiger partial charge in [0.1, 0.15) is 4.90 Å². The van der Waals surface area contributed by atoms with E-state index in [1.54, 1.807) is 0 Å². The second-order valence-electron chi connectivity index (χ2n) is 5.66. The van der Waals surface area contributed by atoms with E-state index >= 15 is 0 Å². The number of sulfonamides is 1. The Balaban J connectivity index is 2.25. The van der Waals surface area contributed by atoms with E-state index in [0.29, 0.717) is 6.07 Å². The molecule has 1 aliphatic heterocycles. The maximum absolute atomic E-state index is 12.8. The number of amides is 1. The molecule has 0 radical (unpaired) electrons. The molecule has 1 saturated heterocycles. The normalized spacial score (nSPS) is 18.2. The van der Waals surface area contributed by atoms with Crippen LogP contribution >= 0.6 is 11.6 Å². The first-order valence-electron chi connectivity index (χ1n) is 7.36. The van der Waals surface area contributed by atoms with Gasteiger partial charge in [0.05, 0.1) is 16.6 Å². The summed E-state index contributed by atoms with van der Waals surface area (Å²) in [5.41, 5.74) is 4.41. The monoisotopic (exact) mass is 399 g/mol. The van der Waals surface area contributed by atoms with E-state index in [1.165, 1.54) is 11.8 Å². The van der Waals surface area contributed by atoms with Crippen molar-refractivity contribution in [3.05, 3.63) is 28.8 Å². The lowest BCUT2D eigenvalue weighted by Crippen LogP contribution is -2.53. The van der Waals surface area contributed by atoms with Crippen LogP contribution in [-0.2, 0) is 21.0 Å². The molecule has 11 heteroatoms. The topological polar surface area (TPSA) is 83.7 Å². The summed E-state index contributed by atoms with van der Waals surface area (Å²) in [6.07, 6.45) is -4.68. The molecule has 0 spiro atoms. The van der Waals surface area contributed by atoms with E-state index in [-0.39, 0.29) is 37.1 Å². The number of carbonyl (C=O) groups excluding carboxylic acids is 1. The summed E-state index contributed by atoms with van der Waals surface area (Å²) in [4.78, 5) is 12.6. The molecular formula is C14H17ClF3N3O3S. The Bertz CT molecular complexity index is 760. The van der Waals surface area contributed by atoms with Crippen LogP contribution in [0.25, 0.3) is 0 Å². The van der Waals surface area contributed by atoms with Gasteiger partial charge >= 0.3 is 6.18 Å². The van der Waals surface area contributed by atoms with Gasteiger partial charge in [0.15, 0.2) is 0 Å². The number of halogens is 4. The number of piperazine rings is 1. The summed E-state index contributed by atoms with van der Waals surface area (Å²) in [6, 6.07) is 1.45. The Morgan fingerprint density at radius 3 is 2.28 bits per heavy atom. The predicted octanol–water partition coefficient (Wildman–Crippen LogP) is 1.54. The molecule has 1 fully saturated rings. The number of nitrogens with zero attached hydrogens (tertiary/aromatic N) is 2. The maximum Gasteiger partial charge on any atom is 0.416 e. The van der Waals surface area contributed by atoms with E-state index in [2.05, 4.69) is 0 Å². The van der Waals surface area contributed by atoms with Crippen molar-refractivity contribution < 1.29 is 26.4 Å². The molecule has 25 heavy (non-hydrogen) atoms. The van der Waals surface area contributed by atoms with Gasteiger partial charge in [-0.1, -0.05) is 11.6 Å². The van der Waals surface area contributed by atoms with Gasteiger partial charge in [-0.25, -0.2) is 8.42 Å². The maximum atomic E-state index is 12.8. The molecule has 6 nitrogen and oxygen atoms in total. The molecule has 0 saturated carbocycles. The second kappa shape index (κ2) is 7.10. The van der Waals surface area contributed by atoms with Crippen molar-refractivity contribution in [1.29, 1.82) is 0 Å². The Labute approximate surface area is 148 Å². The highest BCUT2D eigenvalue weighted by molar-refractivity contribution is 7.89. The molecule has 1 aromatic carbocycles. The SMILES string of the molecule is C[C@@H](N)C(=O)N1CCN(S(=O)(=O)c2cc(C(F)(F)F)ccc2Cl)CC1. The van der Waals surface area contributed by atoms with Crippen LogP contribution in [0.2, 0.25) is 5.02 Å². The number of hydrogen-bond acceptors (Lipinski definition) is 4. The first-order chi connectivity index (χ1) is 11.4. The van der Waals surface area contributed by atoms with E-state index in [1.807, 2.05) is 0 Å². The highest BCUT2D eigenvalue weighted by Crippen LogP contribution is 2.34. The zero-order chi connectivity index (χ0) is 19.0. The van der Waals surface area contributed by atoms with Crippen molar-refractivity contribution in [1.82, 2.24) is 9.21 Å². The predicted molar refractivity (Wildman–Crippen MR) is 85.4 cm³/mol. The minimum absolute atomic E-state index is 0.0482. The fraction of sp³-hybridized carbons (Fsp3) is 0.500. The molecule has 1 heterocycles. The average molecular weight is 400 g/mol. The number of hydrogen-bond donors (Lipinski definition) is 1. The number of nitrogens with two attached hydrogens (primary N) is 1. The van der Waals surface area contributed by atoms with Crippen LogP contribution in [0.5, 0.6) is 0 Å². The minimum atomic E-state index is -4.68. The Morgan fingerprint density at radius 1 is 1.24 bits per heavy atom. The zero-order valence-corrected chi connectivity index (χ0v) is 14.8. The zero-order valence-electron chi connectivity index (χ0n) is 13.3. The molecule has 0 bridgehead atoms. The first kappa shape index (κ1) is 20.0. The Hall–Kier alpha value is -1.36. The molecule has 1 amide bonds. The highest BCUT2D eigenvalue weighted by atomic mass is 35.5. The van der Waals surface area contributed by atoms with Crippen molar-refractivity contribution >= 4 is 27.5 Å². The molecule has 2 rings (SSSR count). The largest absolute Gasteiger partial charge is 0.416 e. The van der Waals surface area contributed by atoms with Gasteiger partial charge < -0.3 is 10.6 Å². The van der Waals surface area contributed by atoms with Crippen LogP contribution in [0.4, 0.5) is 13.2 Å². The Morgan fingerprint density at radius 2 is 1.80 bits per heavy atom. The fourth-order valence-electron chi connectivity index (χ4n) is 2.45. The van der Waals surface area contributed by atoms with Crippen molar-refractivity contribution in [3.8, 4) is 0 Å². The quantitative estimate of drug-likeness (QED) is 0.835. The van der Waals surface area contributed by atoms with Gasteiger partial charge in [0, 0.05) is 26.2 Å². The van der Waals surface area contributed by atoms with Crippen molar-refractivity contribution in [3.63, 3.8) is 0 Å². The summed E-state index contributed by atoms with van der Waals surface area (Å²) < 4.78 is 64.8. The van der Waals surface area contributed by atoms with Crippen molar-refractivity contribution in [2.24, 2.45) is 5.73 Å². The van der Waals surface area contributed by atoms with Gasteiger partial charge in [0.25, 0.3) is 0 Å². The fourth-order valence-corrected chi connectivity index (χ4v) is 4.38. The smallest absolute Gasteiger partial charge is 0.339 e. The third kappa shape index (κ3) is 4.25. The van der Waals surface area contributed by atoms with Gasteiger partial charge in [-0.15, -0.1) is 0 Å². The molecule has 0 aromatic heterocycles. The van der Waals surface area contributed by atoms with Gasteiger partial charge in [-0.05, 0) is 25.1 Å². The lowest BCUT2D eigenvalue weighted by atomic mass is 10.2. The van der Waals surface area contributed by atoms with E-state index in [0.717, 1.165) is 16.4 Å². The van der Waals surface area contributed by atoms with Crippen LogP contribution in [0.1, 0.15) is 12.5 Å². The third-order valence-electron chi connectivity index (χ3n) is 3.82. The summed E-state index contributed by atoms with van der Waals surface area (Å²) in [7, 11) is -4.21. The third-order valence-corrected chi connectivity index (χ3v) is 6.20. The standard InChI is InChI=1S/C14H17ClF3N3O3S/c1-9(19)13(22)20-4-6-21(7-5-20)25(23,24)12-8-10(14(16,17)18)2-3-11(12)15/h2-3,8-9H,4-7,19H2,1H3/t9-/m1/s1. The minimum Gasteiger partial charge on any atom is -0.339 e. The summed E-state index contributed by atoms with van der Waals surface area (Å²) in [5.74, 6) is -0.311. The van der Waals surface area contributed by atoms with Gasteiger partial charge in [-0.3, -0.25) is 4.79 Å². The number of alkyl halides is 3. The molecular weight excluding hydrogens is 383 g/mol. The first-order valence-corrected chi connectivity index (χ1v) is 9.17. The summed E-state index contributed by atoms with van der Waals surface area (Å²) >= 11 is 5.82. The number of rotatable bonds is 3. The van der Waals surface area contributed by atoms with Crippen LogP contribution in [0.15, 0.2) is 23.1 Å². The average Bonchev–Trinajstić information content (AvgIpc) is 2.53. The van der Waals surface area contributed by atoms with Gasteiger partial charge in [-0.2, -0.15) is 17.5 Å². The van der Waals surface area contributed by atoms with Crippen LogP contribution < -0.4 is 5.73 Å². The number of carbonyl (C=O) groups is 1. The molecule has 0 aliphatic carbocycles. The van der Waals surface area contributed by atoms with Crippen LogP contribution in [-0.4, -0.2) is 55.8 Å². The van der Waals surface area contributed by atoms with Gasteiger partial charge in [0.2, 0.25) is 15.9 Å². The Kier molecular flexibility index (Phi) is 5.67. The van der Waals surface area contributed by atoms with Crippen molar-refractivity contribution in [2.75, 3.05) is 26.2 Å². The summed E-state index contributed by atoms with van der Waals surface area (Å²) in [5, 5.41) is -0.290. The van der Waals surface area contributed by atoms with E-state index in [4.69, 9.17) is 17.3 Å².